The number of hydrogen-bond donors (Lipinski definition) is 1. The second-order valence-electron chi connectivity index (χ2n) is 7.40. The van der Waals surface area contributed by atoms with E-state index in [9.17, 15) is 4.39 Å². The minimum atomic E-state index is -0.399. The van der Waals surface area contributed by atoms with Crippen molar-refractivity contribution in [2.24, 2.45) is 5.92 Å². The van der Waals surface area contributed by atoms with Crippen LogP contribution in [0.5, 0.6) is 5.75 Å². The van der Waals surface area contributed by atoms with E-state index in [0.717, 1.165) is 11.5 Å². The SMILES string of the molecule is CCCC1CCC(c2ccc(-c3ccc(OCC)c(N)c3F)cc2)CC1. The molecule has 2 N–H and O–H groups in total. The molecule has 0 radical (unpaired) electrons. The standard InChI is InChI=1S/C23H30FNO/c1-3-5-16-6-8-17(9-7-16)18-10-12-19(13-11-18)20-14-15-21(26-4-2)23(25)22(20)24/h10-17H,3-9,25H2,1-2H3. The first kappa shape index (κ1) is 18.8. The molecular formula is C23H30FNO. The van der Waals surface area contributed by atoms with Crippen LogP contribution < -0.4 is 10.5 Å². The highest BCUT2D eigenvalue weighted by atomic mass is 19.1. The third kappa shape index (κ3) is 4.03. The third-order valence-corrected chi connectivity index (χ3v) is 5.68. The molecule has 1 saturated carbocycles. The minimum absolute atomic E-state index is 0.0858. The molecule has 3 heteroatoms. The maximum Gasteiger partial charge on any atom is 0.157 e. The van der Waals surface area contributed by atoms with Crippen molar-refractivity contribution < 1.29 is 9.13 Å². The van der Waals surface area contributed by atoms with Crippen LogP contribution in [-0.4, -0.2) is 6.61 Å². The Morgan fingerprint density at radius 3 is 2.31 bits per heavy atom. The number of nitrogens with two attached hydrogens (primary N) is 1. The number of hydrogen-bond acceptors (Lipinski definition) is 2. The molecule has 0 saturated heterocycles. The molecule has 2 aromatic rings. The van der Waals surface area contributed by atoms with Crippen LogP contribution in [0.2, 0.25) is 0 Å². The van der Waals surface area contributed by atoms with Gasteiger partial charge in [0.1, 0.15) is 11.4 Å². The second-order valence-corrected chi connectivity index (χ2v) is 7.40. The van der Waals surface area contributed by atoms with E-state index in [1.165, 1.54) is 44.1 Å². The molecule has 0 bridgehead atoms. The van der Waals surface area contributed by atoms with Gasteiger partial charge < -0.3 is 10.5 Å². The zero-order valence-electron chi connectivity index (χ0n) is 15.9. The Balaban J connectivity index is 1.73. The smallest absolute Gasteiger partial charge is 0.157 e. The lowest BCUT2D eigenvalue weighted by atomic mass is 9.77. The van der Waals surface area contributed by atoms with Crippen molar-refractivity contribution in [3.63, 3.8) is 0 Å². The number of benzene rings is 2. The number of anilines is 1. The third-order valence-electron chi connectivity index (χ3n) is 5.68. The molecule has 0 spiro atoms. The largest absolute Gasteiger partial charge is 0.492 e. The summed E-state index contributed by atoms with van der Waals surface area (Å²) in [6, 6.07) is 11.9. The van der Waals surface area contributed by atoms with Crippen LogP contribution in [0, 0.1) is 11.7 Å². The van der Waals surface area contributed by atoms with E-state index in [2.05, 4.69) is 19.1 Å². The van der Waals surface area contributed by atoms with E-state index >= 15 is 0 Å². The second kappa shape index (κ2) is 8.57. The molecule has 1 aliphatic rings. The molecule has 0 atom stereocenters. The molecule has 0 unspecified atom stereocenters. The molecular weight excluding hydrogens is 325 g/mol. The van der Waals surface area contributed by atoms with Gasteiger partial charge in [-0.15, -0.1) is 0 Å². The van der Waals surface area contributed by atoms with E-state index in [4.69, 9.17) is 10.5 Å². The lowest BCUT2D eigenvalue weighted by molar-refractivity contribution is 0.308. The Bertz CT molecular complexity index is 718. The lowest BCUT2D eigenvalue weighted by Gasteiger charge is -2.28. The highest BCUT2D eigenvalue weighted by molar-refractivity contribution is 5.72. The van der Waals surface area contributed by atoms with Crippen LogP contribution in [0.3, 0.4) is 0 Å². The van der Waals surface area contributed by atoms with Crippen molar-refractivity contribution in [3.8, 4) is 16.9 Å². The Morgan fingerprint density at radius 2 is 1.69 bits per heavy atom. The van der Waals surface area contributed by atoms with E-state index in [-0.39, 0.29) is 5.69 Å². The summed E-state index contributed by atoms with van der Waals surface area (Å²) in [5.74, 6) is 1.57. The van der Waals surface area contributed by atoms with E-state index in [1.54, 1.807) is 12.1 Å². The summed E-state index contributed by atoms with van der Waals surface area (Å²) in [4.78, 5) is 0. The van der Waals surface area contributed by atoms with Crippen molar-refractivity contribution in [2.75, 3.05) is 12.3 Å². The predicted octanol–water partition coefficient (Wildman–Crippen LogP) is 6.55. The Morgan fingerprint density at radius 1 is 1.00 bits per heavy atom. The molecule has 26 heavy (non-hydrogen) atoms. The highest BCUT2D eigenvalue weighted by Crippen LogP contribution is 2.39. The normalized spacial score (nSPS) is 20.1. The van der Waals surface area contributed by atoms with Crippen molar-refractivity contribution in [1.82, 2.24) is 0 Å². The first-order chi connectivity index (χ1) is 12.6. The fraction of sp³-hybridized carbons (Fsp3) is 0.478. The van der Waals surface area contributed by atoms with Gasteiger partial charge in [-0.1, -0.05) is 44.0 Å². The Labute approximate surface area is 156 Å². The number of rotatable bonds is 6. The molecule has 1 aliphatic carbocycles. The van der Waals surface area contributed by atoms with Gasteiger partial charge >= 0.3 is 0 Å². The molecule has 0 amide bonds. The summed E-state index contributed by atoms with van der Waals surface area (Å²) in [5.41, 5.74) is 8.75. The van der Waals surface area contributed by atoms with Crippen LogP contribution >= 0.6 is 0 Å². The van der Waals surface area contributed by atoms with Crippen molar-refractivity contribution >= 4 is 5.69 Å². The lowest BCUT2D eigenvalue weighted by Crippen LogP contribution is -2.13. The molecule has 2 nitrogen and oxygen atoms in total. The average Bonchev–Trinajstić information content (AvgIpc) is 2.67. The maximum atomic E-state index is 14.6. The summed E-state index contributed by atoms with van der Waals surface area (Å²) in [5, 5.41) is 0. The van der Waals surface area contributed by atoms with Crippen LogP contribution in [-0.2, 0) is 0 Å². The van der Waals surface area contributed by atoms with E-state index < -0.39 is 5.82 Å². The van der Waals surface area contributed by atoms with Crippen molar-refractivity contribution in [3.05, 3.63) is 47.8 Å². The predicted molar refractivity (Wildman–Crippen MR) is 107 cm³/mol. The first-order valence-electron chi connectivity index (χ1n) is 9.95. The topological polar surface area (TPSA) is 35.2 Å². The van der Waals surface area contributed by atoms with Crippen LogP contribution in [0.1, 0.15) is 63.9 Å². The van der Waals surface area contributed by atoms with Gasteiger partial charge in [-0.2, -0.15) is 0 Å². The molecule has 1 fully saturated rings. The van der Waals surface area contributed by atoms with Gasteiger partial charge in [-0.3, -0.25) is 0 Å². The molecule has 0 heterocycles. The number of nitrogen functional groups attached to an aromatic ring is 1. The zero-order valence-corrected chi connectivity index (χ0v) is 15.9. The molecule has 0 aromatic heterocycles. The molecule has 2 aromatic carbocycles. The summed E-state index contributed by atoms with van der Waals surface area (Å²) in [6.45, 7) is 4.61. The fourth-order valence-electron chi connectivity index (χ4n) is 4.21. The van der Waals surface area contributed by atoms with E-state index in [1.807, 2.05) is 19.1 Å². The van der Waals surface area contributed by atoms with Gasteiger partial charge in [0, 0.05) is 5.56 Å². The van der Waals surface area contributed by atoms with E-state index in [0.29, 0.717) is 23.8 Å². The van der Waals surface area contributed by atoms with Crippen molar-refractivity contribution in [1.29, 1.82) is 0 Å². The average molecular weight is 355 g/mol. The molecule has 140 valence electrons. The Hall–Kier alpha value is -2.03. The fourth-order valence-corrected chi connectivity index (χ4v) is 4.21. The zero-order chi connectivity index (χ0) is 18.5. The minimum Gasteiger partial charge on any atom is -0.492 e. The summed E-state index contributed by atoms with van der Waals surface area (Å²) in [7, 11) is 0. The van der Waals surface area contributed by atoms with Crippen LogP contribution in [0.4, 0.5) is 10.1 Å². The Kier molecular flexibility index (Phi) is 6.18. The van der Waals surface area contributed by atoms with Crippen LogP contribution in [0.15, 0.2) is 36.4 Å². The first-order valence-corrected chi connectivity index (χ1v) is 9.95. The van der Waals surface area contributed by atoms with Gasteiger partial charge in [0.15, 0.2) is 5.82 Å². The molecule has 0 aliphatic heterocycles. The molecule has 3 rings (SSSR count). The van der Waals surface area contributed by atoms with Gasteiger partial charge in [-0.25, -0.2) is 4.39 Å². The summed E-state index contributed by atoms with van der Waals surface area (Å²) >= 11 is 0. The summed E-state index contributed by atoms with van der Waals surface area (Å²) in [6.07, 6.45) is 7.88. The number of halogens is 1. The van der Waals surface area contributed by atoms with Gasteiger partial charge in [-0.05, 0) is 67.7 Å². The highest BCUT2D eigenvalue weighted by Gasteiger charge is 2.22. The van der Waals surface area contributed by atoms with Gasteiger partial charge in [0.25, 0.3) is 0 Å². The summed E-state index contributed by atoms with van der Waals surface area (Å²) < 4.78 is 20.0. The van der Waals surface area contributed by atoms with Gasteiger partial charge in [0.05, 0.1) is 6.61 Å². The van der Waals surface area contributed by atoms with Gasteiger partial charge in [0.2, 0.25) is 0 Å². The van der Waals surface area contributed by atoms with Crippen molar-refractivity contribution in [2.45, 2.75) is 58.3 Å². The number of ether oxygens (including phenoxy) is 1. The maximum absolute atomic E-state index is 14.6. The monoisotopic (exact) mass is 355 g/mol. The van der Waals surface area contributed by atoms with Crippen LogP contribution in [0.25, 0.3) is 11.1 Å². The quantitative estimate of drug-likeness (QED) is 0.596.